The van der Waals surface area contributed by atoms with E-state index in [1.165, 1.54) is 0 Å². The highest BCUT2D eigenvalue weighted by molar-refractivity contribution is 5.75. The maximum absolute atomic E-state index is 10.4. The van der Waals surface area contributed by atoms with Crippen LogP contribution in [0.15, 0.2) is 47.1 Å². The Kier molecular flexibility index (Phi) is 4.35. The van der Waals surface area contributed by atoms with Crippen molar-refractivity contribution in [3.8, 4) is 11.1 Å². The van der Waals surface area contributed by atoms with Gasteiger partial charge in [-0.25, -0.2) is 0 Å². The van der Waals surface area contributed by atoms with Gasteiger partial charge < -0.3 is 4.42 Å². The van der Waals surface area contributed by atoms with Gasteiger partial charge in [0, 0.05) is 5.56 Å². The van der Waals surface area contributed by atoms with Gasteiger partial charge in [-0.05, 0) is 11.6 Å². The van der Waals surface area contributed by atoms with E-state index in [1.54, 1.807) is 12.3 Å². The van der Waals surface area contributed by atoms with Crippen LogP contribution in [0, 0.1) is 0 Å². The third kappa shape index (κ3) is 2.81. The number of carbonyl (C=O) groups is 1. The number of hydrogen-bond donors (Lipinski definition) is 0. The van der Waals surface area contributed by atoms with Crippen LogP contribution in [0.3, 0.4) is 0 Å². The minimum atomic E-state index is 0.360. The predicted molar refractivity (Wildman–Crippen MR) is 60.9 cm³/mol. The predicted octanol–water partition coefficient (Wildman–Crippen LogP) is 3.79. The zero-order valence-corrected chi connectivity index (χ0v) is 8.94. The van der Waals surface area contributed by atoms with E-state index in [0.29, 0.717) is 12.0 Å². The molecular formula is C13H14O2. The number of furan rings is 1. The molecule has 78 valence electrons. The van der Waals surface area contributed by atoms with Crippen LogP contribution in [0.4, 0.5) is 0 Å². The standard InChI is InChI=1S/C11H8O2.C2H6/c12-7-11-6-10(8-13-11)9-4-2-1-3-5-9;1-2/h1-8H;1-2H3. The van der Waals surface area contributed by atoms with Crippen molar-refractivity contribution in [1.82, 2.24) is 0 Å². The van der Waals surface area contributed by atoms with Crippen LogP contribution in [0.2, 0.25) is 0 Å². The number of carbonyl (C=O) groups excluding carboxylic acids is 1. The molecule has 0 saturated carbocycles. The van der Waals surface area contributed by atoms with Crippen molar-refractivity contribution in [3.63, 3.8) is 0 Å². The van der Waals surface area contributed by atoms with Crippen LogP contribution >= 0.6 is 0 Å². The Morgan fingerprint density at radius 2 is 1.73 bits per heavy atom. The van der Waals surface area contributed by atoms with Crippen molar-refractivity contribution in [1.29, 1.82) is 0 Å². The molecule has 1 aromatic heterocycles. The van der Waals surface area contributed by atoms with Gasteiger partial charge in [0.25, 0.3) is 0 Å². The van der Waals surface area contributed by atoms with Crippen molar-refractivity contribution in [3.05, 3.63) is 48.4 Å². The molecule has 0 unspecified atom stereocenters. The second kappa shape index (κ2) is 5.81. The molecule has 0 N–H and O–H groups in total. The molecule has 0 atom stereocenters. The molecule has 2 heteroatoms. The maximum atomic E-state index is 10.4. The highest BCUT2D eigenvalue weighted by Gasteiger charge is 2.01. The van der Waals surface area contributed by atoms with Gasteiger partial charge in [-0.3, -0.25) is 4.79 Å². The van der Waals surface area contributed by atoms with Gasteiger partial charge in [-0.1, -0.05) is 44.2 Å². The van der Waals surface area contributed by atoms with Crippen LogP contribution < -0.4 is 0 Å². The Balaban J connectivity index is 0.000000531. The maximum Gasteiger partial charge on any atom is 0.185 e. The first-order valence-electron chi connectivity index (χ1n) is 4.99. The van der Waals surface area contributed by atoms with Crippen molar-refractivity contribution in [2.45, 2.75) is 13.8 Å². The van der Waals surface area contributed by atoms with Crippen LogP contribution in [0.5, 0.6) is 0 Å². The van der Waals surface area contributed by atoms with Crippen LogP contribution in [0.25, 0.3) is 11.1 Å². The van der Waals surface area contributed by atoms with Gasteiger partial charge in [0.05, 0.1) is 6.26 Å². The summed E-state index contributed by atoms with van der Waals surface area (Å²) in [6.45, 7) is 4.00. The van der Waals surface area contributed by atoms with E-state index >= 15 is 0 Å². The molecule has 0 aliphatic rings. The van der Waals surface area contributed by atoms with E-state index in [1.807, 2.05) is 44.2 Å². The van der Waals surface area contributed by atoms with E-state index in [-0.39, 0.29) is 0 Å². The third-order valence-electron chi connectivity index (χ3n) is 1.84. The van der Waals surface area contributed by atoms with Crippen molar-refractivity contribution in [2.24, 2.45) is 0 Å². The summed E-state index contributed by atoms with van der Waals surface area (Å²) in [4.78, 5) is 10.4. The summed E-state index contributed by atoms with van der Waals surface area (Å²) >= 11 is 0. The lowest BCUT2D eigenvalue weighted by Gasteiger charge is -1.92. The molecule has 0 aliphatic heterocycles. The zero-order valence-electron chi connectivity index (χ0n) is 8.94. The smallest absolute Gasteiger partial charge is 0.185 e. The van der Waals surface area contributed by atoms with Gasteiger partial charge in [0.1, 0.15) is 0 Å². The summed E-state index contributed by atoms with van der Waals surface area (Å²) in [7, 11) is 0. The van der Waals surface area contributed by atoms with E-state index in [2.05, 4.69) is 0 Å². The minimum Gasteiger partial charge on any atom is -0.461 e. The Morgan fingerprint density at radius 3 is 2.27 bits per heavy atom. The second-order valence-corrected chi connectivity index (χ2v) is 2.72. The summed E-state index contributed by atoms with van der Waals surface area (Å²) in [5.41, 5.74) is 1.99. The van der Waals surface area contributed by atoms with Crippen molar-refractivity contribution < 1.29 is 9.21 Å². The van der Waals surface area contributed by atoms with Gasteiger partial charge in [0.15, 0.2) is 12.0 Å². The molecule has 0 saturated heterocycles. The minimum absolute atomic E-state index is 0.360. The van der Waals surface area contributed by atoms with Gasteiger partial charge in [-0.15, -0.1) is 0 Å². The lowest BCUT2D eigenvalue weighted by molar-refractivity contribution is 0.110. The van der Waals surface area contributed by atoms with Gasteiger partial charge in [-0.2, -0.15) is 0 Å². The lowest BCUT2D eigenvalue weighted by Crippen LogP contribution is -1.71. The van der Waals surface area contributed by atoms with Gasteiger partial charge >= 0.3 is 0 Å². The largest absolute Gasteiger partial charge is 0.461 e. The third-order valence-corrected chi connectivity index (χ3v) is 1.84. The molecule has 1 heterocycles. The molecule has 0 radical (unpaired) electrons. The molecular weight excluding hydrogens is 188 g/mol. The summed E-state index contributed by atoms with van der Waals surface area (Å²) in [5, 5.41) is 0. The normalized spacial score (nSPS) is 8.93. The SMILES string of the molecule is CC.O=Cc1cc(-c2ccccc2)co1. The van der Waals surface area contributed by atoms with E-state index in [4.69, 9.17) is 4.42 Å². The summed E-state index contributed by atoms with van der Waals surface area (Å²) in [6, 6.07) is 11.5. The Bertz CT molecular complexity index is 401. The van der Waals surface area contributed by atoms with Crippen molar-refractivity contribution in [2.75, 3.05) is 0 Å². The average Bonchev–Trinajstić information content (AvgIpc) is 2.81. The summed E-state index contributed by atoms with van der Waals surface area (Å²) in [6.07, 6.45) is 2.28. The Hall–Kier alpha value is -1.83. The molecule has 0 aliphatic carbocycles. The van der Waals surface area contributed by atoms with Crippen molar-refractivity contribution >= 4 is 6.29 Å². The second-order valence-electron chi connectivity index (χ2n) is 2.72. The first-order chi connectivity index (χ1) is 7.40. The molecule has 1 aromatic carbocycles. The number of aldehydes is 1. The lowest BCUT2D eigenvalue weighted by atomic mass is 10.1. The average molecular weight is 202 g/mol. The molecule has 0 fully saturated rings. The summed E-state index contributed by atoms with van der Waals surface area (Å²) in [5.74, 6) is 0.360. The Labute approximate surface area is 89.5 Å². The Morgan fingerprint density at radius 1 is 1.07 bits per heavy atom. The molecule has 2 nitrogen and oxygen atoms in total. The first-order valence-corrected chi connectivity index (χ1v) is 4.99. The fourth-order valence-corrected chi connectivity index (χ4v) is 1.20. The van der Waals surface area contributed by atoms with Crippen LogP contribution in [0.1, 0.15) is 24.4 Å². The van der Waals surface area contributed by atoms with E-state index < -0.39 is 0 Å². The highest BCUT2D eigenvalue weighted by Crippen LogP contribution is 2.20. The zero-order chi connectivity index (χ0) is 11.1. The summed E-state index contributed by atoms with van der Waals surface area (Å²) < 4.78 is 5.00. The molecule has 0 spiro atoms. The monoisotopic (exact) mass is 202 g/mol. The fourth-order valence-electron chi connectivity index (χ4n) is 1.20. The molecule has 0 bridgehead atoms. The molecule has 15 heavy (non-hydrogen) atoms. The number of rotatable bonds is 2. The number of hydrogen-bond acceptors (Lipinski definition) is 2. The first kappa shape index (κ1) is 11.2. The topological polar surface area (TPSA) is 30.2 Å². The van der Waals surface area contributed by atoms with Gasteiger partial charge in [0.2, 0.25) is 0 Å². The molecule has 2 rings (SSSR count). The quantitative estimate of drug-likeness (QED) is 0.693. The molecule has 0 amide bonds. The van der Waals surface area contributed by atoms with E-state index in [9.17, 15) is 4.79 Å². The van der Waals surface area contributed by atoms with Crippen LogP contribution in [-0.2, 0) is 0 Å². The van der Waals surface area contributed by atoms with E-state index in [0.717, 1.165) is 11.1 Å². The molecule has 2 aromatic rings. The fraction of sp³-hybridized carbons (Fsp3) is 0.154. The van der Waals surface area contributed by atoms with Crippen LogP contribution in [-0.4, -0.2) is 6.29 Å². The highest BCUT2D eigenvalue weighted by atomic mass is 16.3. The number of benzene rings is 1.